The molecule has 1 saturated heterocycles. The van der Waals surface area contributed by atoms with Crippen molar-refractivity contribution in [2.75, 3.05) is 20.2 Å². The van der Waals surface area contributed by atoms with Crippen molar-refractivity contribution in [2.24, 2.45) is 11.8 Å². The van der Waals surface area contributed by atoms with Crippen LogP contribution in [0.3, 0.4) is 0 Å². The molecular formula is C19H25FN2O4. The highest BCUT2D eigenvalue weighted by Crippen LogP contribution is 2.38. The summed E-state index contributed by atoms with van der Waals surface area (Å²) in [6.07, 6.45) is 2.11. The molecule has 3 rings (SSSR count). The topological polar surface area (TPSA) is 78.9 Å². The first kappa shape index (κ1) is 18.5. The first-order valence-corrected chi connectivity index (χ1v) is 8.99. The summed E-state index contributed by atoms with van der Waals surface area (Å²) in [5.41, 5.74) is 0.909. The number of aliphatic carboxylic acids is 1. The van der Waals surface area contributed by atoms with Crippen molar-refractivity contribution in [2.45, 2.75) is 38.1 Å². The van der Waals surface area contributed by atoms with Gasteiger partial charge in [0.1, 0.15) is 0 Å². The Bertz CT molecular complexity index is 690. The second kappa shape index (κ2) is 7.51. The van der Waals surface area contributed by atoms with Gasteiger partial charge in [-0.1, -0.05) is 13.0 Å². The van der Waals surface area contributed by atoms with E-state index < -0.39 is 11.9 Å². The van der Waals surface area contributed by atoms with Crippen molar-refractivity contribution in [3.63, 3.8) is 0 Å². The smallest absolute Gasteiger partial charge is 0.317 e. The molecule has 0 aromatic heterocycles. The van der Waals surface area contributed by atoms with E-state index in [9.17, 15) is 19.1 Å². The third-order valence-electron chi connectivity index (χ3n) is 5.41. The quantitative estimate of drug-likeness (QED) is 0.861. The number of hydrogen-bond donors (Lipinski definition) is 2. The molecule has 6 nitrogen and oxygen atoms in total. The predicted molar refractivity (Wildman–Crippen MR) is 93.7 cm³/mol. The van der Waals surface area contributed by atoms with Gasteiger partial charge < -0.3 is 20.1 Å². The van der Waals surface area contributed by atoms with E-state index in [1.54, 1.807) is 11.0 Å². The molecule has 0 spiro atoms. The van der Waals surface area contributed by atoms with Gasteiger partial charge in [-0.25, -0.2) is 9.18 Å². The van der Waals surface area contributed by atoms with Gasteiger partial charge in [0.05, 0.1) is 13.0 Å². The maximum Gasteiger partial charge on any atom is 0.317 e. The average molecular weight is 364 g/mol. The molecule has 2 atom stereocenters. The van der Waals surface area contributed by atoms with Gasteiger partial charge in [-0.15, -0.1) is 0 Å². The Hall–Kier alpha value is -2.31. The number of piperidine rings is 1. The summed E-state index contributed by atoms with van der Waals surface area (Å²) in [6.45, 7) is 2.80. The lowest BCUT2D eigenvalue weighted by atomic mass is 9.76. The Morgan fingerprint density at radius 1 is 1.27 bits per heavy atom. The van der Waals surface area contributed by atoms with Crippen molar-refractivity contribution in [1.82, 2.24) is 10.2 Å². The minimum atomic E-state index is -0.848. The zero-order valence-corrected chi connectivity index (χ0v) is 15.1. The minimum Gasteiger partial charge on any atom is -0.494 e. The number of carbonyl (C=O) groups excluding carboxylic acids is 1. The molecule has 7 heteroatoms. The van der Waals surface area contributed by atoms with Crippen molar-refractivity contribution < 1.29 is 23.8 Å². The third-order valence-corrected chi connectivity index (χ3v) is 5.41. The fourth-order valence-electron chi connectivity index (χ4n) is 3.91. The Kier molecular flexibility index (Phi) is 5.34. The van der Waals surface area contributed by atoms with Gasteiger partial charge in [0.15, 0.2) is 11.6 Å². The second-order valence-electron chi connectivity index (χ2n) is 7.49. The van der Waals surface area contributed by atoms with Crippen molar-refractivity contribution in [3.8, 4) is 5.75 Å². The first-order chi connectivity index (χ1) is 12.4. The summed E-state index contributed by atoms with van der Waals surface area (Å²) in [5, 5.41) is 12.2. The molecule has 2 N–H and O–H groups in total. The van der Waals surface area contributed by atoms with Crippen LogP contribution in [0, 0.1) is 17.7 Å². The largest absolute Gasteiger partial charge is 0.494 e. The number of nitrogens with one attached hydrogen (secondary N) is 1. The van der Waals surface area contributed by atoms with Crippen LogP contribution in [0.15, 0.2) is 18.2 Å². The van der Waals surface area contributed by atoms with E-state index in [2.05, 4.69) is 5.32 Å². The molecule has 2 fully saturated rings. The SMILES string of the molecule is COc1ccc(C2CC(NC(=O)N3CC(C)CC(C(=O)O)C3)C2)cc1F. The van der Waals surface area contributed by atoms with E-state index in [0.717, 1.165) is 18.4 Å². The maximum atomic E-state index is 13.8. The lowest BCUT2D eigenvalue weighted by molar-refractivity contribution is -0.143. The monoisotopic (exact) mass is 364 g/mol. The Morgan fingerprint density at radius 3 is 2.62 bits per heavy atom. The van der Waals surface area contributed by atoms with E-state index in [1.807, 2.05) is 13.0 Å². The van der Waals surface area contributed by atoms with Crippen LogP contribution in [-0.4, -0.2) is 48.2 Å². The molecule has 1 aliphatic carbocycles. The molecule has 0 radical (unpaired) electrons. The van der Waals surface area contributed by atoms with Gasteiger partial charge in [0.2, 0.25) is 0 Å². The summed E-state index contributed by atoms with van der Waals surface area (Å²) in [7, 11) is 1.43. The molecule has 2 amide bonds. The van der Waals surface area contributed by atoms with Crippen LogP contribution in [0.5, 0.6) is 5.75 Å². The molecule has 1 aromatic rings. The number of likely N-dealkylation sites (tertiary alicyclic amines) is 1. The fraction of sp³-hybridized carbons (Fsp3) is 0.579. The zero-order chi connectivity index (χ0) is 18.8. The number of halogens is 1. The summed E-state index contributed by atoms with van der Waals surface area (Å²) < 4.78 is 18.7. The Morgan fingerprint density at radius 2 is 2.00 bits per heavy atom. The van der Waals surface area contributed by atoms with Gasteiger partial charge in [-0.05, 0) is 48.8 Å². The number of carbonyl (C=O) groups is 2. The number of hydrogen-bond acceptors (Lipinski definition) is 3. The minimum absolute atomic E-state index is 0.0400. The Balaban J connectivity index is 1.51. The number of benzene rings is 1. The highest BCUT2D eigenvalue weighted by Gasteiger charge is 2.36. The molecular weight excluding hydrogens is 339 g/mol. The number of amides is 2. The second-order valence-corrected chi connectivity index (χ2v) is 7.49. The first-order valence-electron chi connectivity index (χ1n) is 8.99. The lowest BCUT2D eigenvalue weighted by Gasteiger charge is -2.40. The number of ether oxygens (including phenoxy) is 1. The molecule has 1 saturated carbocycles. The summed E-state index contributed by atoms with van der Waals surface area (Å²) in [4.78, 5) is 25.3. The summed E-state index contributed by atoms with van der Waals surface area (Å²) in [6, 6.07) is 4.81. The number of urea groups is 1. The molecule has 0 bridgehead atoms. The standard InChI is InChI=1S/C19H25FN2O4/c1-11-5-14(18(23)24)10-22(9-11)19(25)21-15-6-13(7-15)12-3-4-17(26-2)16(20)8-12/h3-4,8,11,13-15H,5-7,9-10H2,1-2H3,(H,21,25)(H,23,24). The van der Waals surface area contributed by atoms with Gasteiger partial charge in [-0.2, -0.15) is 0 Å². The predicted octanol–water partition coefficient (Wildman–Crippen LogP) is 2.83. The van der Waals surface area contributed by atoms with E-state index in [-0.39, 0.29) is 42.0 Å². The summed E-state index contributed by atoms with van der Waals surface area (Å²) in [5.74, 6) is -1.11. The normalized spacial score (nSPS) is 28.2. The van der Waals surface area contributed by atoms with Crippen LogP contribution >= 0.6 is 0 Å². The van der Waals surface area contributed by atoms with Crippen molar-refractivity contribution in [3.05, 3.63) is 29.6 Å². The lowest BCUT2D eigenvalue weighted by Crippen LogP contribution is -2.53. The molecule has 1 aliphatic heterocycles. The summed E-state index contributed by atoms with van der Waals surface area (Å²) >= 11 is 0. The van der Waals surface area contributed by atoms with Crippen LogP contribution in [0.25, 0.3) is 0 Å². The number of carboxylic acids is 1. The molecule has 2 unspecified atom stereocenters. The van der Waals surface area contributed by atoms with E-state index in [0.29, 0.717) is 13.0 Å². The van der Waals surface area contributed by atoms with Gasteiger partial charge >= 0.3 is 12.0 Å². The van der Waals surface area contributed by atoms with Gasteiger partial charge in [0, 0.05) is 19.1 Å². The molecule has 142 valence electrons. The van der Waals surface area contributed by atoms with Gasteiger partial charge in [0.25, 0.3) is 0 Å². The van der Waals surface area contributed by atoms with E-state index in [4.69, 9.17) is 4.74 Å². The third kappa shape index (κ3) is 3.92. The Labute approximate surface area is 152 Å². The van der Waals surface area contributed by atoms with Crippen LogP contribution < -0.4 is 10.1 Å². The fourth-order valence-corrected chi connectivity index (χ4v) is 3.91. The highest BCUT2D eigenvalue weighted by atomic mass is 19.1. The number of rotatable bonds is 4. The van der Waals surface area contributed by atoms with Crippen molar-refractivity contribution >= 4 is 12.0 Å². The zero-order valence-electron chi connectivity index (χ0n) is 15.1. The van der Waals surface area contributed by atoms with Crippen LogP contribution in [-0.2, 0) is 4.79 Å². The highest BCUT2D eigenvalue weighted by molar-refractivity contribution is 5.77. The van der Waals surface area contributed by atoms with E-state index >= 15 is 0 Å². The maximum absolute atomic E-state index is 13.8. The van der Waals surface area contributed by atoms with Crippen LogP contribution in [0.4, 0.5) is 9.18 Å². The number of methoxy groups -OCH3 is 1. The molecule has 26 heavy (non-hydrogen) atoms. The van der Waals surface area contributed by atoms with Crippen molar-refractivity contribution in [1.29, 1.82) is 0 Å². The van der Waals surface area contributed by atoms with Crippen LogP contribution in [0.1, 0.15) is 37.7 Å². The molecule has 1 heterocycles. The molecule has 1 aromatic carbocycles. The van der Waals surface area contributed by atoms with Gasteiger partial charge in [-0.3, -0.25) is 4.79 Å². The average Bonchev–Trinajstić information content (AvgIpc) is 2.56. The number of carboxylic acid groups (broad SMARTS) is 1. The van der Waals surface area contributed by atoms with E-state index in [1.165, 1.54) is 13.2 Å². The number of nitrogens with zero attached hydrogens (tertiary/aromatic N) is 1. The molecule has 2 aliphatic rings. The van der Waals surface area contributed by atoms with Crippen LogP contribution in [0.2, 0.25) is 0 Å².